The molecule has 0 spiro atoms. The monoisotopic (exact) mass is 572 g/mol. The van der Waals surface area contributed by atoms with E-state index in [1.165, 1.54) is 12.1 Å². The first-order chi connectivity index (χ1) is 19.7. The van der Waals surface area contributed by atoms with Crippen molar-refractivity contribution in [3.8, 4) is 5.75 Å². The summed E-state index contributed by atoms with van der Waals surface area (Å²) in [6, 6.07) is 3.43. The standard InChI is InChI=1S/C29H40N4O8/c1-3-19(2)40-17-24(35)30-15-8-6-4-5-7-9-16-31-25(36)18-41-22-12-10-11-20-26(22)29(39)33(28(20)38)21-13-14-23(34)32-27(21)37/h10-12,19,21H,3-9,13-18H2,1-2H3,(H,30,35)(H,31,36)(H,32,34,37). The van der Waals surface area contributed by atoms with E-state index in [4.69, 9.17) is 9.47 Å². The van der Waals surface area contributed by atoms with E-state index in [9.17, 15) is 28.8 Å². The highest BCUT2D eigenvalue weighted by atomic mass is 16.5. The van der Waals surface area contributed by atoms with Gasteiger partial charge in [0.2, 0.25) is 17.7 Å². The summed E-state index contributed by atoms with van der Waals surface area (Å²) in [5, 5.41) is 7.81. The molecule has 224 valence electrons. The van der Waals surface area contributed by atoms with Crippen molar-refractivity contribution < 1.29 is 38.2 Å². The Kier molecular flexibility index (Phi) is 12.3. The van der Waals surface area contributed by atoms with Gasteiger partial charge < -0.3 is 20.1 Å². The highest BCUT2D eigenvalue weighted by Gasteiger charge is 2.46. The van der Waals surface area contributed by atoms with Crippen LogP contribution in [0.3, 0.4) is 0 Å². The number of carbonyl (C=O) groups excluding carboxylic acids is 6. The molecule has 3 N–H and O–H groups in total. The van der Waals surface area contributed by atoms with Crippen LogP contribution in [-0.2, 0) is 23.9 Å². The van der Waals surface area contributed by atoms with Crippen molar-refractivity contribution in [3.05, 3.63) is 29.3 Å². The lowest BCUT2D eigenvalue weighted by molar-refractivity contribution is -0.136. The minimum absolute atomic E-state index is 0.00833. The third-order valence-corrected chi connectivity index (χ3v) is 7.11. The molecule has 2 aliphatic rings. The first-order valence-corrected chi connectivity index (χ1v) is 14.3. The summed E-state index contributed by atoms with van der Waals surface area (Å²) in [6.07, 6.45) is 6.79. The Morgan fingerprint density at radius 1 is 0.951 bits per heavy atom. The SMILES string of the molecule is CCC(C)OCC(=O)NCCCCCCCCNC(=O)COc1cccc2c1C(=O)N(C1CCC(=O)NC1=O)C2=O. The van der Waals surface area contributed by atoms with E-state index >= 15 is 0 Å². The van der Waals surface area contributed by atoms with Gasteiger partial charge in [-0.25, -0.2) is 0 Å². The van der Waals surface area contributed by atoms with E-state index in [1.807, 2.05) is 13.8 Å². The van der Waals surface area contributed by atoms with Crippen molar-refractivity contribution in [1.29, 1.82) is 0 Å². The molecule has 0 bridgehead atoms. The van der Waals surface area contributed by atoms with E-state index in [1.54, 1.807) is 6.07 Å². The second-order valence-corrected chi connectivity index (χ2v) is 10.3. The predicted molar refractivity (Wildman–Crippen MR) is 148 cm³/mol. The molecule has 2 atom stereocenters. The highest BCUT2D eigenvalue weighted by Crippen LogP contribution is 2.33. The average Bonchev–Trinajstić information content (AvgIpc) is 3.21. The molecule has 6 amide bonds. The van der Waals surface area contributed by atoms with Crippen molar-refractivity contribution in [1.82, 2.24) is 20.9 Å². The highest BCUT2D eigenvalue weighted by molar-refractivity contribution is 6.24. The molecule has 1 fully saturated rings. The third kappa shape index (κ3) is 9.10. The van der Waals surface area contributed by atoms with Crippen molar-refractivity contribution in [2.24, 2.45) is 0 Å². The number of unbranched alkanes of at least 4 members (excludes halogenated alkanes) is 5. The number of nitrogens with one attached hydrogen (secondary N) is 3. The van der Waals surface area contributed by atoms with E-state index in [2.05, 4.69) is 16.0 Å². The molecular weight excluding hydrogens is 532 g/mol. The van der Waals surface area contributed by atoms with Gasteiger partial charge in [0.1, 0.15) is 18.4 Å². The minimum atomic E-state index is -1.07. The Balaban J connectivity index is 1.30. The van der Waals surface area contributed by atoms with Crippen LogP contribution in [0, 0.1) is 0 Å². The second kappa shape index (κ2) is 15.8. The normalized spacial score (nSPS) is 17.2. The maximum Gasteiger partial charge on any atom is 0.266 e. The van der Waals surface area contributed by atoms with Gasteiger partial charge in [-0.05, 0) is 44.7 Å². The Labute approximate surface area is 239 Å². The number of nitrogens with zero attached hydrogens (tertiary/aromatic N) is 1. The number of hydrogen-bond acceptors (Lipinski definition) is 8. The smallest absolute Gasteiger partial charge is 0.266 e. The predicted octanol–water partition coefficient (Wildman–Crippen LogP) is 1.85. The number of rotatable bonds is 17. The maximum absolute atomic E-state index is 13.1. The van der Waals surface area contributed by atoms with Crippen LogP contribution < -0.4 is 20.7 Å². The number of fused-ring (bicyclic) bond motifs is 1. The number of ether oxygens (including phenoxy) is 2. The van der Waals surface area contributed by atoms with E-state index in [0.29, 0.717) is 13.1 Å². The zero-order chi connectivity index (χ0) is 29.8. The Morgan fingerprint density at radius 2 is 1.59 bits per heavy atom. The van der Waals surface area contributed by atoms with Crippen LogP contribution in [0.5, 0.6) is 5.75 Å². The molecule has 0 aromatic heterocycles. The second-order valence-electron chi connectivity index (χ2n) is 10.3. The van der Waals surface area contributed by atoms with Gasteiger partial charge in [-0.1, -0.05) is 38.7 Å². The molecule has 0 aliphatic carbocycles. The van der Waals surface area contributed by atoms with Crippen LogP contribution in [0.15, 0.2) is 18.2 Å². The minimum Gasteiger partial charge on any atom is -0.483 e. The van der Waals surface area contributed by atoms with Gasteiger partial charge in [0, 0.05) is 19.5 Å². The van der Waals surface area contributed by atoms with Crippen LogP contribution >= 0.6 is 0 Å². The zero-order valence-corrected chi connectivity index (χ0v) is 23.8. The molecular formula is C29H40N4O8. The largest absolute Gasteiger partial charge is 0.483 e. The summed E-state index contributed by atoms with van der Waals surface area (Å²) in [6.45, 7) is 4.85. The van der Waals surface area contributed by atoms with Gasteiger partial charge in [0.05, 0.1) is 17.2 Å². The molecule has 12 heteroatoms. The lowest BCUT2D eigenvalue weighted by Crippen LogP contribution is -2.54. The van der Waals surface area contributed by atoms with E-state index in [0.717, 1.165) is 49.8 Å². The molecule has 0 saturated carbocycles. The van der Waals surface area contributed by atoms with Crippen LogP contribution in [0.25, 0.3) is 0 Å². The van der Waals surface area contributed by atoms with Crippen molar-refractivity contribution >= 4 is 35.4 Å². The lowest BCUT2D eigenvalue weighted by atomic mass is 10.0. The fourth-order valence-corrected chi connectivity index (χ4v) is 4.60. The van der Waals surface area contributed by atoms with Crippen molar-refractivity contribution in [3.63, 3.8) is 0 Å². The molecule has 1 saturated heterocycles. The van der Waals surface area contributed by atoms with Crippen LogP contribution in [0.4, 0.5) is 0 Å². The fraction of sp³-hybridized carbons (Fsp3) is 0.586. The number of piperidine rings is 1. The van der Waals surface area contributed by atoms with Gasteiger partial charge in [-0.3, -0.25) is 39.0 Å². The summed E-state index contributed by atoms with van der Waals surface area (Å²) in [5.41, 5.74) is 0.101. The summed E-state index contributed by atoms with van der Waals surface area (Å²) in [4.78, 5) is 74.5. The number of benzene rings is 1. The third-order valence-electron chi connectivity index (χ3n) is 7.11. The quantitative estimate of drug-likeness (QED) is 0.188. The number of amides is 6. The lowest BCUT2D eigenvalue weighted by Gasteiger charge is -2.27. The number of imide groups is 2. The molecule has 2 heterocycles. The molecule has 3 rings (SSSR count). The van der Waals surface area contributed by atoms with Crippen molar-refractivity contribution in [2.75, 3.05) is 26.3 Å². The number of carbonyl (C=O) groups is 6. The zero-order valence-electron chi connectivity index (χ0n) is 23.8. The summed E-state index contributed by atoms with van der Waals surface area (Å²) in [5.74, 6) is -2.81. The van der Waals surface area contributed by atoms with Gasteiger partial charge in [0.15, 0.2) is 6.61 Å². The van der Waals surface area contributed by atoms with Crippen LogP contribution in [0.2, 0.25) is 0 Å². The molecule has 0 radical (unpaired) electrons. The summed E-state index contributed by atoms with van der Waals surface area (Å²) >= 11 is 0. The summed E-state index contributed by atoms with van der Waals surface area (Å²) < 4.78 is 11.0. The molecule has 1 aromatic carbocycles. The fourth-order valence-electron chi connectivity index (χ4n) is 4.60. The van der Waals surface area contributed by atoms with Gasteiger partial charge >= 0.3 is 0 Å². The first-order valence-electron chi connectivity index (χ1n) is 14.3. The summed E-state index contributed by atoms with van der Waals surface area (Å²) in [7, 11) is 0. The molecule has 2 aliphatic heterocycles. The Morgan fingerprint density at radius 3 is 2.22 bits per heavy atom. The molecule has 2 unspecified atom stereocenters. The topological polar surface area (TPSA) is 160 Å². The number of hydrogen-bond donors (Lipinski definition) is 3. The molecule has 12 nitrogen and oxygen atoms in total. The van der Waals surface area contributed by atoms with E-state index in [-0.39, 0.29) is 60.9 Å². The van der Waals surface area contributed by atoms with E-state index < -0.39 is 29.7 Å². The van der Waals surface area contributed by atoms with Gasteiger partial charge in [-0.15, -0.1) is 0 Å². The molecule has 1 aromatic rings. The molecule has 41 heavy (non-hydrogen) atoms. The Hall–Kier alpha value is -3.80. The van der Waals surface area contributed by atoms with Crippen molar-refractivity contribution in [2.45, 2.75) is 83.8 Å². The van der Waals surface area contributed by atoms with Crippen LogP contribution in [-0.4, -0.2) is 78.8 Å². The van der Waals surface area contributed by atoms with Crippen LogP contribution in [0.1, 0.15) is 92.4 Å². The van der Waals surface area contributed by atoms with Gasteiger partial charge in [0.25, 0.3) is 17.7 Å². The average molecular weight is 573 g/mol. The van der Waals surface area contributed by atoms with Gasteiger partial charge in [-0.2, -0.15) is 0 Å². The first kappa shape index (κ1) is 31.7. The maximum atomic E-state index is 13.1. The Bertz CT molecular complexity index is 1140.